The van der Waals surface area contributed by atoms with Crippen LogP contribution >= 0.6 is 11.6 Å². The van der Waals surface area contributed by atoms with Gasteiger partial charge in [-0.1, -0.05) is 17.7 Å². The number of anilines is 1. The van der Waals surface area contributed by atoms with Crippen molar-refractivity contribution in [1.82, 2.24) is 9.88 Å². The van der Waals surface area contributed by atoms with E-state index < -0.39 is 0 Å². The maximum atomic E-state index is 12.7. The van der Waals surface area contributed by atoms with Crippen molar-refractivity contribution in [3.8, 4) is 0 Å². The van der Waals surface area contributed by atoms with Crippen LogP contribution in [0.4, 0.5) is 5.69 Å². The fourth-order valence-corrected chi connectivity index (χ4v) is 2.82. The first-order chi connectivity index (χ1) is 13.5. The quantitative estimate of drug-likeness (QED) is 0.679. The number of carbonyl (C=O) groups excluding carboxylic acids is 2. The van der Waals surface area contributed by atoms with Crippen LogP contribution in [-0.4, -0.2) is 35.3 Å². The summed E-state index contributed by atoms with van der Waals surface area (Å²) in [7, 11) is 1.75. The number of carbonyl (C=O) groups is 2. The Balaban J connectivity index is 1.65. The maximum absolute atomic E-state index is 12.7. The van der Waals surface area contributed by atoms with Crippen LogP contribution in [-0.2, 0) is 6.42 Å². The Kier molecular flexibility index (Phi) is 6.40. The molecule has 0 bridgehead atoms. The van der Waals surface area contributed by atoms with Gasteiger partial charge in [-0.05, 0) is 66.6 Å². The van der Waals surface area contributed by atoms with Gasteiger partial charge in [-0.3, -0.25) is 14.6 Å². The molecule has 0 aliphatic heterocycles. The van der Waals surface area contributed by atoms with Gasteiger partial charge in [0.25, 0.3) is 11.8 Å². The van der Waals surface area contributed by atoms with Crippen LogP contribution in [0.1, 0.15) is 26.3 Å². The number of rotatable bonds is 6. The SMILES string of the molecule is CN(CCc1ccncc1)C(=O)c1cccc(C(=O)Nc2ccc(Cl)cc2)c1. The summed E-state index contributed by atoms with van der Waals surface area (Å²) in [5, 5.41) is 3.40. The summed E-state index contributed by atoms with van der Waals surface area (Å²) in [5.41, 5.74) is 2.65. The zero-order valence-electron chi connectivity index (χ0n) is 15.4. The van der Waals surface area contributed by atoms with Crippen LogP contribution in [0.5, 0.6) is 0 Å². The molecule has 0 aliphatic rings. The summed E-state index contributed by atoms with van der Waals surface area (Å²) in [6.07, 6.45) is 4.21. The average molecular weight is 394 g/mol. The van der Waals surface area contributed by atoms with Crippen molar-refractivity contribution in [3.05, 3.63) is 94.8 Å². The predicted octanol–water partition coefficient (Wildman–Crippen LogP) is 4.30. The lowest BCUT2D eigenvalue weighted by Crippen LogP contribution is -2.29. The summed E-state index contributed by atoms with van der Waals surface area (Å²) in [4.78, 5) is 30.8. The molecule has 2 aromatic carbocycles. The Labute approximate surface area is 169 Å². The van der Waals surface area contributed by atoms with Crippen LogP contribution in [0, 0.1) is 0 Å². The number of hydrogen-bond donors (Lipinski definition) is 1. The van der Waals surface area contributed by atoms with E-state index in [2.05, 4.69) is 10.3 Å². The van der Waals surface area contributed by atoms with Gasteiger partial charge in [0.15, 0.2) is 0 Å². The van der Waals surface area contributed by atoms with Crippen molar-refractivity contribution in [2.75, 3.05) is 18.9 Å². The molecule has 0 saturated carbocycles. The lowest BCUT2D eigenvalue weighted by atomic mass is 10.1. The zero-order valence-corrected chi connectivity index (χ0v) is 16.2. The summed E-state index contributed by atoms with van der Waals surface area (Å²) < 4.78 is 0. The maximum Gasteiger partial charge on any atom is 0.255 e. The van der Waals surface area contributed by atoms with E-state index in [1.807, 2.05) is 12.1 Å². The van der Waals surface area contributed by atoms with Gasteiger partial charge in [0.05, 0.1) is 0 Å². The van der Waals surface area contributed by atoms with Gasteiger partial charge >= 0.3 is 0 Å². The smallest absolute Gasteiger partial charge is 0.255 e. The Morgan fingerprint density at radius 2 is 1.68 bits per heavy atom. The number of aromatic nitrogens is 1. The molecule has 0 spiro atoms. The first-order valence-electron chi connectivity index (χ1n) is 8.84. The molecule has 1 aromatic heterocycles. The van der Waals surface area contributed by atoms with Gasteiger partial charge in [0.2, 0.25) is 0 Å². The number of benzene rings is 2. The highest BCUT2D eigenvalue weighted by molar-refractivity contribution is 6.30. The highest BCUT2D eigenvalue weighted by atomic mass is 35.5. The standard InChI is InChI=1S/C22H20ClN3O2/c1-26(14-11-16-9-12-24-13-10-16)22(28)18-4-2-3-17(15-18)21(27)25-20-7-5-19(23)6-8-20/h2-10,12-13,15H,11,14H2,1H3,(H,25,27). The molecule has 1 heterocycles. The third-order valence-electron chi connectivity index (χ3n) is 4.31. The van der Waals surface area contributed by atoms with Crippen LogP contribution in [0.2, 0.25) is 5.02 Å². The minimum absolute atomic E-state index is 0.129. The van der Waals surface area contributed by atoms with E-state index in [9.17, 15) is 9.59 Å². The Morgan fingerprint density at radius 3 is 2.39 bits per heavy atom. The highest BCUT2D eigenvalue weighted by Crippen LogP contribution is 2.15. The van der Waals surface area contributed by atoms with Gasteiger partial charge in [-0.2, -0.15) is 0 Å². The van der Waals surface area contributed by atoms with Gasteiger partial charge < -0.3 is 10.2 Å². The van der Waals surface area contributed by atoms with E-state index in [-0.39, 0.29) is 11.8 Å². The lowest BCUT2D eigenvalue weighted by Gasteiger charge is -2.17. The van der Waals surface area contributed by atoms with Gasteiger partial charge in [-0.25, -0.2) is 0 Å². The summed E-state index contributed by atoms with van der Waals surface area (Å²) >= 11 is 5.86. The Hall–Kier alpha value is -3.18. The molecule has 0 atom stereocenters. The molecule has 142 valence electrons. The molecule has 6 heteroatoms. The molecule has 0 unspecified atom stereocenters. The van der Waals surface area contributed by atoms with Crippen molar-refractivity contribution < 1.29 is 9.59 Å². The third kappa shape index (κ3) is 5.18. The number of amides is 2. The van der Waals surface area contributed by atoms with Crippen LogP contribution < -0.4 is 5.32 Å². The Morgan fingerprint density at radius 1 is 1.00 bits per heavy atom. The number of pyridine rings is 1. The van der Waals surface area contributed by atoms with Crippen LogP contribution in [0.15, 0.2) is 73.1 Å². The van der Waals surface area contributed by atoms with Crippen LogP contribution in [0.25, 0.3) is 0 Å². The van der Waals surface area contributed by atoms with Gasteiger partial charge in [0.1, 0.15) is 0 Å². The van der Waals surface area contributed by atoms with E-state index in [1.54, 1.807) is 72.9 Å². The van der Waals surface area contributed by atoms with E-state index in [1.165, 1.54) is 0 Å². The topological polar surface area (TPSA) is 62.3 Å². The molecule has 0 saturated heterocycles. The van der Waals surface area contributed by atoms with Gasteiger partial charge in [-0.15, -0.1) is 0 Å². The van der Waals surface area contributed by atoms with Crippen molar-refractivity contribution in [3.63, 3.8) is 0 Å². The minimum atomic E-state index is -0.281. The molecule has 0 fully saturated rings. The molecule has 0 aliphatic carbocycles. The highest BCUT2D eigenvalue weighted by Gasteiger charge is 2.14. The molecule has 2 amide bonds. The normalized spacial score (nSPS) is 10.4. The number of nitrogens with one attached hydrogen (secondary N) is 1. The fourth-order valence-electron chi connectivity index (χ4n) is 2.70. The molecule has 1 N–H and O–H groups in total. The second-order valence-corrected chi connectivity index (χ2v) is 6.81. The molecular weight excluding hydrogens is 374 g/mol. The van der Waals surface area contributed by atoms with Gasteiger partial charge in [0, 0.05) is 47.8 Å². The Bertz CT molecular complexity index is 959. The summed E-state index contributed by atoms with van der Waals surface area (Å²) in [5.74, 6) is -0.411. The van der Waals surface area contributed by atoms with Crippen molar-refractivity contribution in [2.24, 2.45) is 0 Å². The monoisotopic (exact) mass is 393 g/mol. The minimum Gasteiger partial charge on any atom is -0.341 e. The van der Waals surface area contributed by atoms with E-state index in [0.29, 0.717) is 28.4 Å². The largest absolute Gasteiger partial charge is 0.341 e. The molecule has 3 aromatic rings. The number of nitrogens with zero attached hydrogens (tertiary/aromatic N) is 2. The predicted molar refractivity (Wildman–Crippen MR) is 111 cm³/mol. The van der Waals surface area contributed by atoms with Crippen molar-refractivity contribution in [1.29, 1.82) is 0 Å². The number of hydrogen-bond acceptors (Lipinski definition) is 3. The fraction of sp³-hybridized carbons (Fsp3) is 0.136. The molecular formula is C22H20ClN3O2. The molecule has 3 rings (SSSR count). The second-order valence-electron chi connectivity index (χ2n) is 6.37. The van der Waals surface area contributed by atoms with E-state index in [4.69, 9.17) is 11.6 Å². The lowest BCUT2D eigenvalue weighted by molar-refractivity contribution is 0.0796. The van der Waals surface area contributed by atoms with Crippen molar-refractivity contribution in [2.45, 2.75) is 6.42 Å². The molecule has 0 radical (unpaired) electrons. The molecule has 28 heavy (non-hydrogen) atoms. The summed E-state index contributed by atoms with van der Waals surface area (Å²) in [6, 6.07) is 17.4. The van der Waals surface area contributed by atoms with Crippen molar-refractivity contribution >= 4 is 29.1 Å². The third-order valence-corrected chi connectivity index (χ3v) is 4.56. The zero-order chi connectivity index (χ0) is 19.9. The number of halogens is 1. The molecule has 5 nitrogen and oxygen atoms in total. The summed E-state index contributed by atoms with van der Waals surface area (Å²) in [6.45, 7) is 0.573. The second kappa shape index (κ2) is 9.15. The average Bonchev–Trinajstić information content (AvgIpc) is 2.74. The van der Waals surface area contributed by atoms with Crippen LogP contribution in [0.3, 0.4) is 0 Å². The first kappa shape index (κ1) is 19.6. The van der Waals surface area contributed by atoms with E-state index >= 15 is 0 Å². The van der Waals surface area contributed by atoms with E-state index in [0.717, 1.165) is 12.0 Å². The number of likely N-dealkylation sites (N-methyl/N-ethyl adjacent to an activating group) is 1. The first-order valence-corrected chi connectivity index (χ1v) is 9.22.